The molecule has 0 saturated carbocycles. The number of hydrogen-bond acceptors (Lipinski definition) is 5. The molecule has 1 fully saturated rings. The third-order valence-corrected chi connectivity index (χ3v) is 2.49. The van der Waals surface area contributed by atoms with Gasteiger partial charge in [0.15, 0.2) is 0 Å². The van der Waals surface area contributed by atoms with Gasteiger partial charge in [0.25, 0.3) is 0 Å². The van der Waals surface area contributed by atoms with Crippen LogP contribution in [0.15, 0.2) is 0 Å². The number of carbonyl (C=O) groups is 3. The second-order valence-corrected chi connectivity index (χ2v) is 3.63. The van der Waals surface area contributed by atoms with Crippen LogP contribution in [0.1, 0.15) is 26.7 Å². The minimum atomic E-state index is -0.646. The second kappa shape index (κ2) is 6.22. The van der Waals surface area contributed by atoms with E-state index in [2.05, 4.69) is 0 Å². The molecule has 1 atom stereocenters. The maximum absolute atomic E-state index is 11.6. The lowest BCUT2D eigenvalue weighted by atomic mass is 10.2. The van der Waals surface area contributed by atoms with Gasteiger partial charge in [-0.05, 0) is 20.3 Å². The number of esters is 2. The van der Waals surface area contributed by atoms with Gasteiger partial charge in [-0.25, -0.2) is 4.79 Å². The topological polar surface area (TPSA) is 72.9 Å². The molecule has 6 heteroatoms. The van der Waals surface area contributed by atoms with E-state index in [9.17, 15) is 14.4 Å². The van der Waals surface area contributed by atoms with Gasteiger partial charge < -0.3 is 14.4 Å². The average Bonchev–Trinajstić information content (AvgIpc) is 2.61. The van der Waals surface area contributed by atoms with E-state index in [1.165, 1.54) is 4.90 Å². The van der Waals surface area contributed by atoms with Gasteiger partial charge in [0, 0.05) is 6.42 Å². The van der Waals surface area contributed by atoms with Crippen LogP contribution < -0.4 is 0 Å². The van der Waals surface area contributed by atoms with Crippen molar-refractivity contribution in [1.29, 1.82) is 0 Å². The van der Waals surface area contributed by atoms with Crippen molar-refractivity contribution < 1.29 is 23.9 Å². The Balaban J connectivity index is 2.62. The first-order chi connectivity index (χ1) is 8.10. The summed E-state index contributed by atoms with van der Waals surface area (Å²) in [6.07, 6.45) is 0.667. The molecule has 0 radical (unpaired) electrons. The fourth-order valence-corrected chi connectivity index (χ4v) is 1.76. The van der Waals surface area contributed by atoms with Crippen LogP contribution in [-0.2, 0) is 23.9 Å². The highest BCUT2D eigenvalue weighted by Gasteiger charge is 2.38. The van der Waals surface area contributed by atoms with Gasteiger partial charge in [-0.3, -0.25) is 9.59 Å². The van der Waals surface area contributed by atoms with E-state index in [0.29, 0.717) is 6.42 Å². The summed E-state index contributed by atoms with van der Waals surface area (Å²) in [7, 11) is 0. The van der Waals surface area contributed by atoms with Gasteiger partial charge in [-0.2, -0.15) is 0 Å². The highest BCUT2D eigenvalue weighted by atomic mass is 16.5. The van der Waals surface area contributed by atoms with Crippen LogP contribution >= 0.6 is 0 Å². The molecule has 17 heavy (non-hydrogen) atoms. The highest BCUT2D eigenvalue weighted by molar-refractivity contribution is 5.90. The van der Waals surface area contributed by atoms with E-state index < -0.39 is 18.0 Å². The molecule has 0 aromatic carbocycles. The van der Waals surface area contributed by atoms with Crippen LogP contribution in [0.2, 0.25) is 0 Å². The van der Waals surface area contributed by atoms with Crippen molar-refractivity contribution in [3.63, 3.8) is 0 Å². The number of hydrogen-bond donors (Lipinski definition) is 0. The molecular formula is C11H17NO5. The van der Waals surface area contributed by atoms with Crippen LogP contribution in [0.25, 0.3) is 0 Å². The molecule has 6 nitrogen and oxygen atoms in total. The Labute approximate surface area is 99.9 Å². The first kappa shape index (κ1) is 13.5. The largest absolute Gasteiger partial charge is 0.465 e. The Morgan fingerprint density at radius 3 is 2.53 bits per heavy atom. The van der Waals surface area contributed by atoms with Gasteiger partial charge in [0.1, 0.15) is 12.6 Å². The van der Waals surface area contributed by atoms with E-state index in [-0.39, 0.29) is 32.1 Å². The molecule has 96 valence electrons. The first-order valence-corrected chi connectivity index (χ1v) is 5.71. The minimum Gasteiger partial charge on any atom is -0.465 e. The highest BCUT2D eigenvalue weighted by Crippen LogP contribution is 2.19. The standard InChI is InChI=1S/C11H17NO5/c1-3-16-10(14)7-12-8(5-6-9(12)13)11(15)17-4-2/h8H,3-7H2,1-2H3/t8-/m0/s1. The summed E-state index contributed by atoms with van der Waals surface area (Å²) < 4.78 is 9.62. The smallest absolute Gasteiger partial charge is 0.328 e. The molecule has 0 N–H and O–H groups in total. The normalized spacial score (nSPS) is 19.3. The molecule has 1 heterocycles. The Morgan fingerprint density at radius 1 is 1.29 bits per heavy atom. The van der Waals surface area contributed by atoms with Gasteiger partial charge in [0.05, 0.1) is 13.2 Å². The molecule has 0 spiro atoms. The molecule has 0 unspecified atom stereocenters. The third kappa shape index (κ3) is 3.44. The fraction of sp³-hybridized carbons (Fsp3) is 0.727. The van der Waals surface area contributed by atoms with Crippen molar-refractivity contribution in [1.82, 2.24) is 4.90 Å². The molecule has 1 amide bonds. The van der Waals surface area contributed by atoms with Crippen molar-refractivity contribution in [2.45, 2.75) is 32.7 Å². The molecule has 0 aromatic rings. The van der Waals surface area contributed by atoms with Crippen molar-refractivity contribution in [3.8, 4) is 0 Å². The lowest BCUT2D eigenvalue weighted by Crippen LogP contribution is -2.43. The van der Waals surface area contributed by atoms with Crippen LogP contribution in [0.4, 0.5) is 0 Å². The number of nitrogens with zero attached hydrogens (tertiary/aromatic N) is 1. The summed E-state index contributed by atoms with van der Waals surface area (Å²) in [6.45, 7) is 3.72. The Morgan fingerprint density at radius 2 is 1.94 bits per heavy atom. The van der Waals surface area contributed by atoms with Crippen molar-refractivity contribution in [2.24, 2.45) is 0 Å². The van der Waals surface area contributed by atoms with Crippen molar-refractivity contribution >= 4 is 17.8 Å². The number of ether oxygens (including phenoxy) is 2. The monoisotopic (exact) mass is 243 g/mol. The quantitative estimate of drug-likeness (QED) is 0.640. The van der Waals surface area contributed by atoms with Gasteiger partial charge in [0.2, 0.25) is 5.91 Å². The van der Waals surface area contributed by atoms with Crippen molar-refractivity contribution in [2.75, 3.05) is 19.8 Å². The lowest BCUT2D eigenvalue weighted by Gasteiger charge is -2.21. The van der Waals surface area contributed by atoms with Gasteiger partial charge in [-0.1, -0.05) is 0 Å². The number of carbonyl (C=O) groups excluding carboxylic acids is 3. The Kier molecular flexibility index (Phi) is 4.93. The second-order valence-electron chi connectivity index (χ2n) is 3.63. The number of likely N-dealkylation sites (tertiary alicyclic amines) is 1. The Bertz CT molecular complexity index is 315. The SMILES string of the molecule is CCOC(=O)CN1C(=O)CC[C@H]1C(=O)OCC. The number of amides is 1. The van der Waals surface area contributed by atoms with Crippen molar-refractivity contribution in [3.05, 3.63) is 0 Å². The van der Waals surface area contributed by atoms with E-state index in [4.69, 9.17) is 9.47 Å². The molecule has 0 aromatic heterocycles. The number of rotatable bonds is 5. The molecule has 0 aliphatic carbocycles. The van der Waals surface area contributed by atoms with Crippen LogP contribution in [-0.4, -0.2) is 48.5 Å². The summed E-state index contributed by atoms with van der Waals surface area (Å²) in [5, 5.41) is 0. The fourth-order valence-electron chi connectivity index (χ4n) is 1.76. The molecule has 1 rings (SSSR count). The summed E-state index contributed by atoms with van der Waals surface area (Å²) in [5.74, 6) is -1.17. The van der Waals surface area contributed by atoms with Gasteiger partial charge >= 0.3 is 11.9 Å². The van der Waals surface area contributed by atoms with E-state index in [1.54, 1.807) is 13.8 Å². The van der Waals surface area contributed by atoms with Crippen LogP contribution in [0, 0.1) is 0 Å². The third-order valence-electron chi connectivity index (χ3n) is 2.49. The van der Waals surface area contributed by atoms with Crippen LogP contribution in [0.3, 0.4) is 0 Å². The zero-order valence-electron chi connectivity index (χ0n) is 10.1. The summed E-state index contributed by atoms with van der Waals surface area (Å²) in [5.41, 5.74) is 0. The van der Waals surface area contributed by atoms with Crippen LogP contribution in [0.5, 0.6) is 0 Å². The van der Waals surface area contributed by atoms with E-state index in [1.807, 2.05) is 0 Å². The molecule has 1 saturated heterocycles. The predicted molar refractivity (Wildman–Crippen MR) is 58.0 cm³/mol. The zero-order valence-corrected chi connectivity index (χ0v) is 10.1. The predicted octanol–water partition coefficient (Wildman–Crippen LogP) is 0.104. The summed E-state index contributed by atoms with van der Waals surface area (Å²) in [4.78, 5) is 35.7. The molecule has 1 aliphatic rings. The Hall–Kier alpha value is -1.59. The lowest BCUT2D eigenvalue weighted by molar-refractivity contribution is -0.155. The summed E-state index contributed by atoms with van der Waals surface area (Å²) in [6, 6.07) is -0.646. The summed E-state index contributed by atoms with van der Waals surface area (Å²) >= 11 is 0. The van der Waals surface area contributed by atoms with E-state index in [0.717, 1.165) is 0 Å². The maximum Gasteiger partial charge on any atom is 0.328 e. The molecule has 0 bridgehead atoms. The molecule has 1 aliphatic heterocycles. The first-order valence-electron chi connectivity index (χ1n) is 5.71. The minimum absolute atomic E-state index is 0.184. The van der Waals surface area contributed by atoms with E-state index >= 15 is 0 Å². The average molecular weight is 243 g/mol. The zero-order chi connectivity index (χ0) is 12.8. The molecular weight excluding hydrogens is 226 g/mol. The maximum atomic E-state index is 11.6. The van der Waals surface area contributed by atoms with Gasteiger partial charge in [-0.15, -0.1) is 0 Å².